The summed E-state index contributed by atoms with van der Waals surface area (Å²) in [5.41, 5.74) is 3.13. The average Bonchev–Trinajstić information content (AvgIpc) is 2.83. The number of benzene rings is 1. The molecule has 98 valence electrons. The van der Waals surface area contributed by atoms with Crippen LogP contribution in [-0.4, -0.2) is 22.2 Å². The van der Waals surface area contributed by atoms with Crippen LogP contribution in [0.3, 0.4) is 0 Å². The highest BCUT2D eigenvalue weighted by Crippen LogP contribution is 2.19. The fourth-order valence-electron chi connectivity index (χ4n) is 2.42. The van der Waals surface area contributed by atoms with Gasteiger partial charge in [-0.1, -0.05) is 12.1 Å². The first-order valence-corrected chi connectivity index (χ1v) is 6.36. The Kier molecular flexibility index (Phi) is 3.05. The average molecular weight is 256 g/mol. The number of nitrogens with zero attached hydrogens (tertiary/aromatic N) is 2. The second-order valence-electron chi connectivity index (χ2n) is 4.66. The van der Waals surface area contributed by atoms with Crippen molar-refractivity contribution in [3.05, 3.63) is 47.2 Å². The van der Waals surface area contributed by atoms with Gasteiger partial charge < -0.3 is 10.6 Å². The Morgan fingerprint density at radius 1 is 1.42 bits per heavy atom. The van der Waals surface area contributed by atoms with Crippen LogP contribution < -0.4 is 10.6 Å². The predicted molar refractivity (Wildman–Crippen MR) is 73.0 cm³/mol. The molecule has 0 saturated heterocycles. The van der Waals surface area contributed by atoms with Gasteiger partial charge in [0, 0.05) is 25.2 Å². The SMILES string of the molecule is Cn1nccc1NC(=O)c1cccc2c1CCNC2. The van der Waals surface area contributed by atoms with Crippen LogP contribution in [0.15, 0.2) is 30.5 Å². The highest BCUT2D eigenvalue weighted by molar-refractivity contribution is 6.05. The summed E-state index contributed by atoms with van der Waals surface area (Å²) in [6.07, 6.45) is 2.56. The number of hydrogen-bond donors (Lipinski definition) is 2. The Morgan fingerprint density at radius 3 is 3.11 bits per heavy atom. The lowest BCUT2D eigenvalue weighted by molar-refractivity contribution is 0.102. The highest BCUT2D eigenvalue weighted by atomic mass is 16.1. The zero-order valence-corrected chi connectivity index (χ0v) is 10.8. The molecule has 0 fully saturated rings. The molecule has 1 amide bonds. The van der Waals surface area contributed by atoms with Gasteiger partial charge >= 0.3 is 0 Å². The molecule has 1 aliphatic rings. The van der Waals surface area contributed by atoms with E-state index in [1.807, 2.05) is 12.1 Å². The highest BCUT2D eigenvalue weighted by Gasteiger charge is 2.17. The first kappa shape index (κ1) is 11.9. The summed E-state index contributed by atoms with van der Waals surface area (Å²) in [6.45, 7) is 1.76. The molecule has 1 aromatic heterocycles. The molecule has 0 radical (unpaired) electrons. The fraction of sp³-hybridized carbons (Fsp3) is 0.286. The molecule has 5 nitrogen and oxygen atoms in total. The van der Waals surface area contributed by atoms with Gasteiger partial charge in [-0.15, -0.1) is 0 Å². The molecule has 0 bridgehead atoms. The third kappa shape index (κ3) is 2.24. The Morgan fingerprint density at radius 2 is 2.32 bits per heavy atom. The topological polar surface area (TPSA) is 59.0 Å². The van der Waals surface area contributed by atoms with Crippen LogP contribution in [0.4, 0.5) is 5.82 Å². The van der Waals surface area contributed by atoms with E-state index in [2.05, 4.69) is 21.8 Å². The number of hydrogen-bond acceptors (Lipinski definition) is 3. The van der Waals surface area contributed by atoms with Crippen molar-refractivity contribution in [1.29, 1.82) is 0 Å². The van der Waals surface area contributed by atoms with Crippen molar-refractivity contribution in [2.45, 2.75) is 13.0 Å². The van der Waals surface area contributed by atoms with Crippen molar-refractivity contribution < 1.29 is 4.79 Å². The number of carbonyl (C=O) groups excluding carboxylic acids is 1. The first-order chi connectivity index (χ1) is 9.25. The largest absolute Gasteiger partial charge is 0.312 e. The molecule has 0 atom stereocenters. The van der Waals surface area contributed by atoms with Gasteiger partial charge in [0.2, 0.25) is 0 Å². The number of aromatic nitrogens is 2. The Labute approximate surface area is 111 Å². The summed E-state index contributed by atoms with van der Waals surface area (Å²) in [5.74, 6) is 0.638. The number of nitrogens with one attached hydrogen (secondary N) is 2. The zero-order valence-electron chi connectivity index (χ0n) is 10.8. The van der Waals surface area contributed by atoms with E-state index in [0.29, 0.717) is 5.82 Å². The Bertz CT molecular complexity index is 618. The van der Waals surface area contributed by atoms with Gasteiger partial charge in [-0.2, -0.15) is 5.10 Å². The van der Waals surface area contributed by atoms with E-state index in [4.69, 9.17) is 0 Å². The number of anilines is 1. The number of rotatable bonds is 2. The molecule has 2 heterocycles. The quantitative estimate of drug-likeness (QED) is 0.852. The normalized spacial score (nSPS) is 13.9. The van der Waals surface area contributed by atoms with E-state index in [1.165, 1.54) is 5.56 Å². The molecule has 3 rings (SSSR count). The predicted octanol–water partition coefficient (Wildman–Crippen LogP) is 1.32. The summed E-state index contributed by atoms with van der Waals surface area (Å²) in [6, 6.07) is 7.68. The van der Waals surface area contributed by atoms with Gasteiger partial charge in [0.05, 0.1) is 6.20 Å². The summed E-state index contributed by atoms with van der Waals surface area (Å²) in [5, 5.41) is 10.3. The molecule has 0 saturated carbocycles. The standard InChI is InChI=1S/C14H16N4O/c1-18-13(6-8-16-18)17-14(19)12-4-2-3-10-9-15-7-5-11(10)12/h2-4,6,8,15H,5,7,9H2,1H3,(H,17,19). The van der Waals surface area contributed by atoms with Crippen molar-refractivity contribution in [2.24, 2.45) is 7.05 Å². The van der Waals surface area contributed by atoms with Gasteiger partial charge in [0.25, 0.3) is 5.91 Å². The molecule has 1 aromatic carbocycles. The summed E-state index contributed by atoms with van der Waals surface area (Å²) in [4.78, 5) is 12.4. The molecular weight excluding hydrogens is 240 g/mol. The van der Waals surface area contributed by atoms with Crippen LogP contribution in [0.25, 0.3) is 0 Å². The van der Waals surface area contributed by atoms with Crippen LogP contribution in [0, 0.1) is 0 Å². The van der Waals surface area contributed by atoms with Crippen LogP contribution in [0.2, 0.25) is 0 Å². The number of aryl methyl sites for hydroxylation is 1. The molecule has 1 aliphatic heterocycles. The Hall–Kier alpha value is -2.14. The monoisotopic (exact) mass is 256 g/mol. The lowest BCUT2D eigenvalue weighted by Gasteiger charge is -2.19. The summed E-state index contributed by atoms with van der Waals surface area (Å²) in [7, 11) is 1.81. The van der Waals surface area contributed by atoms with Crippen LogP contribution in [-0.2, 0) is 20.0 Å². The van der Waals surface area contributed by atoms with E-state index in [0.717, 1.165) is 30.6 Å². The smallest absolute Gasteiger partial charge is 0.257 e. The Balaban J connectivity index is 1.90. The number of amides is 1. The maximum Gasteiger partial charge on any atom is 0.257 e. The van der Waals surface area contributed by atoms with Crippen LogP contribution in [0.5, 0.6) is 0 Å². The minimum atomic E-state index is -0.0673. The fourth-order valence-corrected chi connectivity index (χ4v) is 2.42. The molecule has 0 spiro atoms. The molecule has 0 unspecified atom stereocenters. The zero-order chi connectivity index (χ0) is 13.2. The van der Waals surface area contributed by atoms with E-state index in [-0.39, 0.29) is 5.91 Å². The van der Waals surface area contributed by atoms with Gasteiger partial charge in [-0.05, 0) is 30.2 Å². The van der Waals surface area contributed by atoms with Crippen molar-refractivity contribution in [2.75, 3.05) is 11.9 Å². The molecule has 2 N–H and O–H groups in total. The van der Waals surface area contributed by atoms with Crippen molar-refractivity contribution >= 4 is 11.7 Å². The lowest BCUT2D eigenvalue weighted by Crippen LogP contribution is -2.26. The van der Waals surface area contributed by atoms with Gasteiger partial charge in [0.1, 0.15) is 5.82 Å². The third-order valence-electron chi connectivity index (χ3n) is 3.45. The minimum absolute atomic E-state index is 0.0673. The minimum Gasteiger partial charge on any atom is -0.312 e. The second-order valence-corrected chi connectivity index (χ2v) is 4.66. The van der Waals surface area contributed by atoms with Crippen LogP contribution in [0.1, 0.15) is 21.5 Å². The van der Waals surface area contributed by atoms with Gasteiger partial charge in [0.15, 0.2) is 0 Å². The maximum atomic E-state index is 12.4. The molecule has 5 heteroatoms. The van der Waals surface area contributed by atoms with E-state index >= 15 is 0 Å². The molecule has 19 heavy (non-hydrogen) atoms. The van der Waals surface area contributed by atoms with E-state index < -0.39 is 0 Å². The maximum absolute atomic E-state index is 12.4. The van der Waals surface area contributed by atoms with Gasteiger partial charge in [-0.25, -0.2) is 0 Å². The second kappa shape index (κ2) is 4.85. The van der Waals surface area contributed by atoms with E-state index in [9.17, 15) is 4.79 Å². The van der Waals surface area contributed by atoms with E-state index in [1.54, 1.807) is 24.0 Å². The molecule has 2 aromatic rings. The number of carbonyl (C=O) groups is 1. The van der Waals surface area contributed by atoms with Crippen molar-refractivity contribution in [3.8, 4) is 0 Å². The number of fused-ring (bicyclic) bond motifs is 1. The summed E-state index contributed by atoms with van der Waals surface area (Å²) < 4.78 is 1.65. The lowest BCUT2D eigenvalue weighted by atomic mass is 9.95. The molecular formula is C14H16N4O. The third-order valence-corrected chi connectivity index (χ3v) is 3.45. The van der Waals surface area contributed by atoms with Crippen LogP contribution >= 0.6 is 0 Å². The first-order valence-electron chi connectivity index (χ1n) is 6.36. The summed E-state index contributed by atoms with van der Waals surface area (Å²) >= 11 is 0. The van der Waals surface area contributed by atoms with Crippen molar-refractivity contribution in [3.63, 3.8) is 0 Å². The van der Waals surface area contributed by atoms with Crippen molar-refractivity contribution in [1.82, 2.24) is 15.1 Å². The molecule has 0 aliphatic carbocycles. The van der Waals surface area contributed by atoms with Gasteiger partial charge in [-0.3, -0.25) is 9.48 Å².